The molecule has 0 saturated carbocycles. The first-order chi connectivity index (χ1) is 10.1. The van der Waals surface area contributed by atoms with Crippen molar-refractivity contribution in [3.8, 4) is 5.75 Å². The lowest BCUT2D eigenvalue weighted by atomic mass is 10.1. The standard InChI is InChI=1S/C15H11Cl2FN2O/c1-8(14-10(16)6-19-7-11(14)17)21-13-3-2-12-9(15(13)18)4-5-20-12/h2-8,20H,1H3. The summed E-state index contributed by atoms with van der Waals surface area (Å²) in [6.45, 7) is 1.76. The van der Waals surface area contributed by atoms with Gasteiger partial charge in [-0.05, 0) is 25.1 Å². The van der Waals surface area contributed by atoms with Crippen molar-refractivity contribution in [2.24, 2.45) is 0 Å². The molecule has 0 amide bonds. The van der Waals surface area contributed by atoms with Crippen LogP contribution in [-0.2, 0) is 0 Å². The average molecular weight is 325 g/mol. The van der Waals surface area contributed by atoms with Crippen LogP contribution < -0.4 is 4.74 Å². The Hall–Kier alpha value is -1.78. The number of hydrogen-bond donors (Lipinski definition) is 1. The molecule has 0 aliphatic heterocycles. The molecule has 0 aliphatic carbocycles. The van der Waals surface area contributed by atoms with Crippen LogP contribution in [0.3, 0.4) is 0 Å². The third-order valence-corrected chi connectivity index (χ3v) is 3.84. The smallest absolute Gasteiger partial charge is 0.174 e. The fourth-order valence-electron chi connectivity index (χ4n) is 2.23. The van der Waals surface area contributed by atoms with Crippen molar-refractivity contribution in [3.63, 3.8) is 0 Å². The Kier molecular flexibility index (Phi) is 3.74. The number of nitrogens with zero attached hydrogens (tertiary/aromatic N) is 1. The largest absolute Gasteiger partial charge is 0.483 e. The molecule has 0 aliphatic rings. The maximum Gasteiger partial charge on any atom is 0.174 e. The molecule has 2 aromatic heterocycles. The van der Waals surface area contributed by atoms with Crippen molar-refractivity contribution in [2.75, 3.05) is 0 Å². The molecule has 0 fully saturated rings. The number of benzene rings is 1. The summed E-state index contributed by atoms with van der Waals surface area (Å²) in [4.78, 5) is 6.83. The minimum Gasteiger partial charge on any atom is -0.483 e. The van der Waals surface area contributed by atoms with E-state index in [0.29, 0.717) is 26.5 Å². The highest BCUT2D eigenvalue weighted by Gasteiger charge is 2.18. The van der Waals surface area contributed by atoms with Gasteiger partial charge in [0.15, 0.2) is 11.6 Å². The van der Waals surface area contributed by atoms with E-state index in [4.69, 9.17) is 27.9 Å². The summed E-state index contributed by atoms with van der Waals surface area (Å²) in [5.41, 5.74) is 1.30. The first kappa shape index (κ1) is 14.2. The van der Waals surface area contributed by atoms with E-state index in [0.717, 1.165) is 0 Å². The molecule has 21 heavy (non-hydrogen) atoms. The van der Waals surface area contributed by atoms with E-state index in [1.54, 1.807) is 31.3 Å². The highest BCUT2D eigenvalue weighted by molar-refractivity contribution is 6.35. The van der Waals surface area contributed by atoms with Crippen LogP contribution in [0.5, 0.6) is 5.75 Å². The van der Waals surface area contributed by atoms with Gasteiger partial charge in [-0.3, -0.25) is 4.98 Å². The zero-order chi connectivity index (χ0) is 15.0. The number of halogens is 3. The second-order valence-electron chi connectivity index (χ2n) is 4.59. The summed E-state index contributed by atoms with van der Waals surface area (Å²) in [6, 6.07) is 5.00. The van der Waals surface area contributed by atoms with E-state index in [1.165, 1.54) is 12.4 Å². The Morgan fingerprint density at radius 1 is 1.19 bits per heavy atom. The number of rotatable bonds is 3. The Bertz CT molecular complexity index is 783. The van der Waals surface area contributed by atoms with Gasteiger partial charge in [-0.2, -0.15) is 0 Å². The lowest BCUT2D eigenvalue weighted by molar-refractivity contribution is 0.217. The number of H-pyrrole nitrogens is 1. The van der Waals surface area contributed by atoms with E-state index >= 15 is 0 Å². The van der Waals surface area contributed by atoms with Gasteiger partial charge < -0.3 is 9.72 Å². The number of ether oxygens (including phenoxy) is 1. The van der Waals surface area contributed by atoms with Crippen molar-refractivity contribution in [1.29, 1.82) is 0 Å². The van der Waals surface area contributed by atoms with Crippen LogP contribution >= 0.6 is 23.2 Å². The van der Waals surface area contributed by atoms with Crippen LogP contribution in [0.15, 0.2) is 36.8 Å². The summed E-state index contributed by atoms with van der Waals surface area (Å²) in [5.74, 6) is -0.263. The Morgan fingerprint density at radius 2 is 1.90 bits per heavy atom. The van der Waals surface area contributed by atoms with Gasteiger partial charge in [0.2, 0.25) is 0 Å². The number of hydrogen-bond acceptors (Lipinski definition) is 2. The number of nitrogens with one attached hydrogen (secondary N) is 1. The van der Waals surface area contributed by atoms with Gasteiger partial charge in [0, 0.05) is 35.1 Å². The number of aromatic amines is 1. The molecule has 3 rings (SSSR count). The molecule has 1 N–H and O–H groups in total. The lowest BCUT2D eigenvalue weighted by Gasteiger charge is -2.18. The first-order valence-corrected chi connectivity index (χ1v) is 7.04. The molecule has 2 heterocycles. The third-order valence-electron chi connectivity index (χ3n) is 3.23. The number of aromatic nitrogens is 2. The van der Waals surface area contributed by atoms with E-state index < -0.39 is 11.9 Å². The van der Waals surface area contributed by atoms with Crippen molar-refractivity contribution >= 4 is 34.1 Å². The Morgan fingerprint density at radius 3 is 2.62 bits per heavy atom. The van der Waals surface area contributed by atoms with Gasteiger partial charge in [-0.25, -0.2) is 4.39 Å². The van der Waals surface area contributed by atoms with E-state index in [-0.39, 0.29) is 5.75 Å². The highest BCUT2D eigenvalue weighted by atomic mass is 35.5. The molecular weight excluding hydrogens is 314 g/mol. The maximum atomic E-state index is 14.4. The van der Waals surface area contributed by atoms with Gasteiger partial charge in [0.25, 0.3) is 0 Å². The fourth-order valence-corrected chi connectivity index (χ4v) is 2.90. The SMILES string of the molecule is CC(Oc1ccc2[nH]ccc2c1F)c1c(Cl)cncc1Cl. The highest BCUT2D eigenvalue weighted by Crippen LogP contribution is 2.34. The van der Waals surface area contributed by atoms with Gasteiger partial charge in [0.1, 0.15) is 6.10 Å². The number of fused-ring (bicyclic) bond motifs is 1. The van der Waals surface area contributed by atoms with Gasteiger partial charge in [0.05, 0.1) is 10.0 Å². The van der Waals surface area contributed by atoms with Gasteiger partial charge in [-0.1, -0.05) is 23.2 Å². The summed E-state index contributed by atoms with van der Waals surface area (Å²) in [5, 5.41) is 1.25. The molecule has 0 saturated heterocycles. The van der Waals surface area contributed by atoms with Crippen molar-refractivity contribution in [3.05, 3.63) is 58.2 Å². The molecule has 0 bridgehead atoms. The van der Waals surface area contributed by atoms with Crippen LogP contribution in [0, 0.1) is 5.82 Å². The van der Waals surface area contributed by atoms with E-state index in [1.807, 2.05) is 0 Å². The van der Waals surface area contributed by atoms with Crippen LogP contribution in [0.1, 0.15) is 18.6 Å². The van der Waals surface area contributed by atoms with E-state index in [9.17, 15) is 4.39 Å². The summed E-state index contributed by atoms with van der Waals surface area (Å²) < 4.78 is 20.0. The predicted octanol–water partition coefficient (Wildman–Crippen LogP) is 5.15. The van der Waals surface area contributed by atoms with Crippen LogP contribution in [0.4, 0.5) is 4.39 Å². The quantitative estimate of drug-likeness (QED) is 0.723. The van der Waals surface area contributed by atoms with Crippen LogP contribution in [0.25, 0.3) is 10.9 Å². The van der Waals surface area contributed by atoms with Crippen molar-refractivity contribution in [2.45, 2.75) is 13.0 Å². The minimum atomic E-state index is -0.501. The molecule has 108 valence electrons. The van der Waals surface area contributed by atoms with E-state index in [2.05, 4.69) is 9.97 Å². The zero-order valence-electron chi connectivity index (χ0n) is 11.0. The second-order valence-corrected chi connectivity index (χ2v) is 5.41. The first-order valence-electron chi connectivity index (χ1n) is 6.29. The molecule has 1 aromatic carbocycles. The monoisotopic (exact) mass is 324 g/mol. The van der Waals surface area contributed by atoms with Crippen molar-refractivity contribution < 1.29 is 9.13 Å². The molecule has 3 nitrogen and oxygen atoms in total. The third kappa shape index (κ3) is 2.57. The van der Waals surface area contributed by atoms with Crippen molar-refractivity contribution in [1.82, 2.24) is 9.97 Å². The molecule has 6 heteroatoms. The average Bonchev–Trinajstić information content (AvgIpc) is 2.91. The summed E-state index contributed by atoms with van der Waals surface area (Å²) in [7, 11) is 0. The second kappa shape index (κ2) is 5.54. The zero-order valence-corrected chi connectivity index (χ0v) is 12.5. The minimum absolute atomic E-state index is 0.151. The Balaban J connectivity index is 1.96. The molecule has 0 spiro atoms. The molecule has 3 aromatic rings. The number of pyridine rings is 1. The molecule has 1 unspecified atom stereocenters. The topological polar surface area (TPSA) is 37.9 Å². The Labute approximate surface area is 130 Å². The summed E-state index contributed by atoms with van der Waals surface area (Å²) in [6.07, 6.45) is 4.14. The molecule has 0 radical (unpaired) electrons. The normalized spacial score (nSPS) is 12.6. The van der Waals surface area contributed by atoms with Gasteiger partial charge >= 0.3 is 0 Å². The predicted molar refractivity (Wildman–Crippen MR) is 81.6 cm³/mol. The lowest BCUT2D eigenvalue weighted by Crippen LogP contribution is -2.06. The van der Waals surface area contributed by atoms with Gasteiger partial charge in [-0.15, -0.1) is 0 Å². The van der Waals surface area contributed by atoms with Crippen LogP contribution in [-0.4, -0.2) is 9.97 Å². The molecular formula is C15H11Cl2FN2O. The fraction of sp³-hybridized carbons (Fsp3) is 0.133. The molecule has 1 atom stereocenters. The summed E-state index contributed by atoms with van der Waals surface area (Å²) >= 11 is 12.2. The maximum absolute atomic E-state index is 14.4. The van der Waals surface area contributed by atoms with Crippen LogP contribution in [0.2, 0.25) is 10.0 Å².